The van der Waals surface area contributed by atoms with Gasteiger partial charge in [0.15, 0.2) is 0 Å². The standard InChI is InChI=1S/C13H20FNO/c1-4-10(3)16-13-7-11(5-9(2)15)6-12(14)8-13/h6-10H,4-5,15H2,1-3H3. The molecule has 1 aromatic carbocycles. The Morgan fingerprint density at radius 3 is 2.56 bits per heavy atom. The number of hydrogen-bond acceptors (Lipinski definition) is 2. The number of rotatable bonds is 5. The lowest BCUT2D eigenvalue weighted by molar-refractivity contribution is 0.216. The topological polar surface area (TPSA) is 35.2 Å². The molecule has 2 atom stereocenters. The molecule has 0 heterocycles. The first kappa shape index (κ1) is 13.0. The minimum Gasteiger partial charge on any atom is -0.491 e. The summed E-state index contributed by atoms with van der Waals surface area (Å²) >= 11 is 0. The van der Waals surface area contributed by atoms with Crippen molar-refractivity contribution in [2.24, 2.45) is 5.73 Å². The molecule has 90 valence electrons. The SMILES string of the molecule is CCC(C)Oc1cc(F)cc(CC(C)N)c1. The Hall–Kier alpha value is -1.09. The molecule has 2 unspecified atom stereocenters. The van der Waals surface area contributed by atoms with Gasteiger partial charge in [-0.3, -0.25) is 0 Å². The molecule has 0 spiro atoms. The van der Waals surface area contributed by atoms with E-state index in [1.165, 1.54) is 12.1 Å². The van der Waals surface area contributed by atoms with E-state index in [1.807, 2.05) is 26.8 Å². The van der Waals surface area contributed by atoms with Crippen LogP contribution in [0.2, 0.25) is 0 Å². The minimum absolute atomic E-state index is 0.0262. The first-order chi connectivity index (χ1) is 7.51. The molecule has 0 radical (unpaired) electrons. The van der Waals surface area contributed by atoms with E-state index in [0.29, 0.717) is 12.2 Å². The molecule has 3 heteroatoms. The summed E-state index contributed by atoms with van der Waals surface area (Å²) in [6, 6.07) is 4.81. The Bertz CT molecular complexity index is 339. The molecule has 0 bridgehead atoms. The lowest BCUT2D eigenvalue weighted by atomic mass is 10.1. The third-order valence-corrected chi connectivity index (χ3v) is 2.40. The van der Waals surface area contributed by atoms with E-state index in [-0.39, 0.29) is 18.0 Å². The van der Waals surface area contributed by atoms with Crippen LogP contribution in [0.3, 0.4) is 0 Å². The highest BCUT2D eigenvalue weighted by Gasteiger charge is 2.06. The normalized spacial score (nSPS) is 14.6. The zero-order valence-corrected chi connectivity index (χ0v) is 10.2. The number of nitrogens with two attached hydrogens (primary N) is 1. The van der Waals surface area contributed by atoms with Gasteiger partial charge in [0, 0.05) is 12.1 Å². The largest absolute Gasteiger partial charge is 0.491 e. The van der Waals surface area contributed by atoms with Gasteiger partial charge in [-0.2, -0.15) is 0 Å². The molecule has 0 aliphatic rings. The van der Waals surface area contributed by atoms with Crippen LogP contribution in [0.15, 0.2) is 18.2 Å². The van der Waals surface area contributed by atoms with E-state index in [9.17, 15) is 4.39 Å². The van der Waals surface area contributed by atoms with Crippen LogP contribution < -0.4 is 10.5 Å². The molecule has 0 fully saturated rings. The van der Waals surface area contributed by atoms with Crippen molar-refractivity contribution >= 4 is 0 Å². The van der Waals surface area contributed by atoms with E-state index in [1.54, 1.807) is 0 Å². The molecular formula is C13H20FNO. The second-order valence-corrected chi connectivity index (χ2v) is 4.31. The summed E-state index contributed by atoms with van der Waals surface area (Å²) in [7, 11) is 0. The Morgan fingerprint density at radius 2 is 2.00 bits per heavy atom. The van der Waals surface area contributed by atoms with Crippen LogP contribution in [-0.2, 0) is 6.42 Å². The predicted molar refractivity (Wildman–Crippen MR) is 64.1 cm³/mol. The Labute approximate surface area is 96.6 Å². The maximum Gasteiger partial charge on any atom is 0.127 e. The summed E-state index contributed by atoms with van der Waals surface area (Å²) in [6.07, 6.45) is 1.67. The van der Waals surface area contributed by atoms with Crippen molar-refractivity contribution in [1.29, 1.82) is 0 Å². The van der Waals surface area contributed by atoms with Crippen LogP contribution in [0.1, 0.15) is 32.8 Å². The number of ether oxygens (including phenoxy) is 1. The predicted octanol–water partition coefficient (Wildman–Crippen LogP) is 2.89. The van der Waals surface area contributed by atoms with E-state index in [2.05, 4.69) is 0 Å². The van der Waals surface area contributed by atoms with Gasteiger partial charge >= 0.3 is 0 Å². The maximum absolute atomic E-state index is 13.3. The summed E-state index contributed by atoms with van der Waals surface area (Å²) in [4.78, 5) is 0. The molecule has 0 amide bonds. The quantitative estimate of drug-likeness (QED) is 0.836. The van der Waals surface area contributed by atoms with Gasteiger partial charge in [-0.25, -0.2) is 4.39 Å². The summed E-state index contributed by atoms with van der Waals surface area (Å²) in [5.74, 6) is 0.321. The van der Waals surface area contributed by atoms with E-state index in [0.717, 1.165) is 12.0 Å². The van der Waals surface area contributed by atoms with Gasteiger partial charge in [-0.05, 0) is 44.4 Å². The molecule has 1 aromatic rings. The van der Waals surface area contributed by atoms with Gasteiger partial charge in [-0.1, -0.05) is 6.92 Å². The molecule has 2 nitrogen and oxygen atoms in total. The lowest BCUT2D eigenvalue weighted by Crippen LogP contribution is -2.18. The van der Waals surface area contributed by atoms with E-state index in [4.69, 9.17) is 10.5 Å². The second kappa shape index (κ2) is 5.85. The van der Waals surface area contributed by atoms with Gasteiger partial charge in [0.25, 0.3) is 0 Å². The number of halogens is 1. The van der Waals surface area contributed by atoms with Crippen molar-refractivity contribution in [1.82, 2.24) is 0 Å². The van der Waals surface area contributed by atoms with Crippen LogP contribution >= 0.6 is 0 Å². The molecule has 0 aliphatic carbocycles. The molecule has 0 saturated heterocycles. The zero-order valence-electron chi connectivity index (χ0n) is 10.2. The summed E-state index contributed by atoms with van der Waals surface area (Å²) in [6.45, 7) is 5.91. The summed E-state index contributed by atoms with van der Waals surface area (Å²) in [5.41, 5.74) is 6.57. The van der Waals surface area contributed by atoms with Crippen molar-refractivity contribution in [3.63, 3.8) is 0 Å². The maximum atomic E-state index is 13.3. The van der Waals surface area contributed by atoms with Crippen LogP contribution in [0.4, 0.5) is 4.39 Å². The van der Waals surface area contributed by atoms with Crippen molar-refractivity contribution < 1.29 is 9.13 Å². The van der Waals surface area contributed by atoms with Crippen molar-refractivity contribution in [3.8, 4) is 5.75 Å². The smallest absolute Gasteiger partial charge is 0.127 e. The fourth-order valence-corrected chi connectivity index (χ4v) is 1.49. The summed E-state index contributed by atoms with van der Waals surface area (Å²) in [5, 5.41) is 0. The fraction of sp³-hybridized carbons (Fsp3) is 0.538. The summed E-state index contributed by atoms with van der Waals surface area (Å²) < 4.78 is 18.9. The molecule has 0 saturated carbocycles. The van der Waals surface area contributed by atoms with Crippen LogP contribution in [0.5, 0.6) is 5.75 Å². The first-order valence-corrected chi connectivity index (χ1v) is 5.73. The minimum atomic E-state index is -0.267. The van der Waals surface area contributed by atoms with Crippen molar-refractivity contribution in [2.75, 3.05) is 0 Å². The average Bonchev–Trinajstić information content (AvgIpc) is 2.15. The molecular weight excluding hydrogens is 205 g/mol. The van der Waals surface area contributed by atoms with Crippen molar-refractivity contribution in [2.45, 2.75) is 45.8 Å². The molecule has 16 heavy (non-hydrogen) atoms. The third kappa shape index (κ3) is 4.19. The average molecular weight is 225 g/mol. The second-order valence-electron chi connectivity index (χ2n) is 4.31. The number of benzene rings is 1. The van der Waals surface area contributed by atoms with E-state index < -0.39 is 0 Å². The van der Waals surface area contributed by atoms with Crippen LogP contribution in [-0.4, -0.2) is 12.1 Å². The van der Waals surface area contributed by atoms with Gasteiger partial charge < -0.3 is 10.5 Å². The lowest BCUT2D eigenvalue weighted by Gasteiger charge is -2.14. The molecule has 0 aromatic heterocycles. The van der Waals surface area contributed by atoms with Gasteiger partial charge in [-0.15, -0.1) is 0 Å². The van der Waals surface area contributed by atoms with E-state index >= 15 is 0 Å². The molecule has 1 rings (SSSR count). The Kier molecular flexibility index (Phi) is 4.74. The Balaban J connectivity index is 2.81. The fourth-order valence-electron chi connectivity index (χ4n) is 1.49. The van der Waals surface area contributed by atoms with Crippen LogP contribution in [0.25, 0.3) is 0 Å². The monoisotopic (exact) mass is 225 g/mol. The highest BCUT2D eigenvalue weighted by molar-refractivity contribution is 5.30. The van der Waals surface area contributed by atoms with Gasteiger partial charge in [0.1, 0.15) is 11.6 Å². The molecule has 2 N–H and O–H groups in total. The van der Waals surface area contributed by atoms with Gasteiger partial charge in [0.05, 0.1) is 6.10 Å². The molecule has 0 aliphatic heterocycles. The Morgan fingerprint density at radius 1 is 1.31 bits per heavy atom. The number of hydrogen-bond donors (Lipinski definition) is 1. The van der Waals surface area contributed by atoms with Gasteiger partial charge in [0.2, 0.25) is 0 Å². The highest BCUT2D eigenvalue weighted by atomic mass is 19.1. The zero-order chi connectivity index (χ0) is 12.1. The first-order valence-electron chi connectivity index (χ1n) is 5.73. The van der Waals surface area contributed by atoms with Crippen LogP contribution in [0, 0.1) is 5.82 Å². The third-order valence-electron chi connectivity index (χ3n) is 2.40. The highest BCUT2D eigenvalue weighted by Crippen LogP contribution is 2.19. The van der Waals surface area contributed by atoms with Crippen molar-refractivity contribution in [3.05, 3.63) is 29.6 Å².